The van der Waals surface area contributed by atoms with Crippen LogP contribution in [0, 0.1) is 0 Å². The molecular weight excluding hydrogens is 482 g/mol. The van der Waals surface area contributed by atoms with Crippen LogP contribution in [-0.2, 0) is 11.5 Å². The molecule has 0 aliphatic rings. The summed E-state index contributed by atoms with van der Waals surface area (Å²) < 4.78 is 7.40. The molecule has 0 aliphatic heterocycles. The van der Waals surface area contributed by atoms with Crippen LogP contribution in [0.25, 0.3) is 16.6 Å². The van der Waals surface area contributed by atoms with Crippen molar-refractivity contribution in [2.24, 2.45) is 0 Å². The van der Waals surface area contributed by atoms with Crippen molar-refractivity contribution in [3.8, 4) is 5.75 Å². The summed E-state index contributed by atoms with van der Waals surface area (Å²) in [5.41, 5.74) is 4.52. The number of carbonyl (C=O) groups excluding carboxylic acids is 1. The summed E-state index contributed by atoms with van der Waals surface area (Å²) in [6.45, 7) is 9.08. The normalized spacial score (nSPS) is 11.6. The molecule has 10 heteroatoms. The molecule has 3 rings (SSSR count). The first kappa shape index (κ1) is 28.7. The number of hydrogen-bond acceptors (Lipinski definition) is 8. The number of methoxy groups -OCH3 is 1. The Morgan fingerprint density at radius 2 is 1.97 bits per heavy atom. The lowest BCUT2D eigenvalue weighted by Gasteiger charge is -2.26. The van der Waals surface area contributed by atoms with Gasteiger partial charge in [0.25, 0.3) is 0 Å². The Morgan fingerprint density at radius 3 is 2.58 bits per heavy atom. The Bertz CT molecular complexity index is 1310. The fourth-order valence-corrected chi connectivity index (χ4v) is 4.17. The minimum absolute atomic E-state index is 0.201. The van der Waals surface area contributed by atoms with E-state index in [9.17, 15) is 9.90 Å². The van der Waals surface area contributed by atoms with Crippen LogP contribution in [-0.4, -0.2) is 71.8 Å². The second kappa shape index (κ2) is 13.1. The van der Waals surface area contributed by atoms with Gasteiger partial charge in [0.05, 0.1) is 29.9 Å². The van der Waals surface area contributed by atoms with E-state index in [0.29, 0.717) is 28.7 Å². The summed E-state index contributed by atoms with van der Waals surface area (Å²) in [7, 11) is 7.59. The highest BCUT2D eigenvalue weighted by molar-refractivity contribution is 6.02. The number of anilines is 4. The van der Waals surface area contributed by atoms with Gasteiger partial charge in [0, 0.05) is 37.8 Å². The number of benzene rings is 1. The summed E-state index contributed by atoms with van der Waals surface area (Å²) in [4.78, 5) is 26.0. The number of allylic oxidation sites excluding steroid dienone is 2. The zero-order valence-electron chi connectivity index (χ0n) is 23.2. The summed E-state index contributed by atoms with van der Waals surface area (Å²) >= 11 is 0. The maximum atomic E-state index is 12.3. The van der Waals surface area contributed by atoms with Gasteiger partial charge >= 0.3 is 0 Å². The molecule has 3 N–H and O–H groups in total. The SMILES string of the molecule is C=CC(=O)Nc1cc(Nc2nc(/C(=C/C)CCC)c3ccn(CO)c3n2)c(OC)cc1N(C)CCN(C)C. The number of aromatic nitrogens is 3. The first-order chi connectivity index (χ1) is 18.3. The van der Waals surface area contributed by atoms with E-state index in [0.717, 1.165) is 48.3 Å². The van der Waals surface area contributed by atoms with Crippen LogP contribution in [0.4, 0.5) is 23.0 Å². The number of aliphatic hydroxyl groups is 1. The van der Waals surface area contributed by atoms with Gasteiger partial charge in [0.2, 0.25) is 11.9 Å². The molecule has 0 saturated heterocycles. The number of hydrogen-bond donors (Lipinski definition) is 3. The van der Waals surface area contributed by atoms with E-state index >= 15 is 0 Å². The highest BCUT2D eigenvalue weighted by Gasteiger charge is 2.19. The quantitative estimate of drug-likeness (QED) is 0.283. The van der Waals surface area contributed by atoms with Gasteiger partial charge < -0.3 is 34.8 Å². The first-order valence-corrected chi connectivity index (χ1v) is 12.7. The molecular formula is C28H39N7O3. The Labute approximate surface area is 224 Å². The number of likely N-dealkylation sites (N-methyl/N-ethyl adjacent to an activating group) is 2. The van der Waals surface area contributed by atoms with Crippen LogP contribution in [0.2, 0.25) is 0 Å². The van der Waals surface area contributed by atoms with Gasteiger partial charge in [-0.25, -0.2) is 4.98 Å². The van der Waals surface area contributed by atoms with E-state index in [2.05, 4.69) is 40.0 Å². The van der Waals surface area contributed by atoms with Gasteiger partial charge in [-0.1, -0.05) is 26.0 Å². The number of aliphatic hydroxyl groups excluding tert-OH is 1. The zero-order chi connectivity index (χ0) is 27.8. The molecule has 2 aromatic heterocycles. The molecule has 0 unspecified atom stereocenters. The van der Waals surface area contributed by atoms with E-state index in [1.807, 2.05) is 46.3 Å². The summed E-state index contributed by atoms with van der Waals surface area (Å²) in [6.07, 6.45) is 6.93. The van der Waals surface area contributed by atoms with Gasteiger partial charge in [-0.05, 0) is 51.2 Å². The number of amides is 1. The predicted octanol–water partition coefficient (Wildman–Crippen LogP) is 4.46. The minimum Gasteiger partial charge on any atom is -0.494 e. The van der Waals surface area contributed by atoms with Crippen molar-refractivity contribution in [3.63, 3.8) is 0 Å². The Kier molecular flexibility index (Phi) is 9.86. The largest absolute Gasteiger partial charge is 0.494 e. The zero-order valence-corrected chi connectivity index (χ0v) is 23.2. The number of nitrogens with one attached hydrogen (secondary N) is 2. The van der Waals surface area contributed by atoms with Crippen LogP contribution >= 0.6 is 0 Å². The van der Waals surface area contributed by atoms with Crippen LogP contribution in [0.5, 0.6) is 5.75 Å². The van der Waals surface area contributed by atoms with E-state index in [1.165, 1.54) is 6.08 Å². The molecule has 0 aliphatic carbocycles. The van der Waals surface area contributed by atoms with E-state index < -0.39 is 0 Å². The van der Waals surface area contributed by atoms with Gasteiger partial charge in [-0.15, -0.1) is 0 Å². The number of fused-ring (bicyclic) bond motifs is 1. The van der Waals surface area contributed by atoms with Crippen molar-refractivity contribution in [2.75, 3.05) is 56.9 Å². The lowest BCUT2D eigenvalue weighted by atomic mass is 10.0. The molecule has 0 fully saturated rings. The Morgan fingerprint density at radius 1 is 1.21 bits per heavy atom. The van der Waals surface area contributed by atoms with Crippen LogP contribution < -0.4 is 20.3 Å². The maximum Gasteiger partial charge on any atom is 0.247 e. The summed E-state index contributed by atoms with van der Waals surface area (Å²) in [5, 5.41) is 16.9. The molecule has 0 spiro atoms. The van der Waals surface area contributed by atoms with Crippen molar-refractivity contribution in [1.82, 2.24) is 19.4 Å². The van der Waals surface area contributed by atoms with Crippen LogP contribution in [0.3, 0.4) is 0 Å². The van der Waals surface area contributed by atoms with Crippen molar-refractivity contribution >= 4 is 45.5 Å². The topological polar surface area (TPSA) is 108 Å². The molecule has 204 valence electrons. The van der Waals surface area contributed by atoms with Crippen molar-refractivity contribution in [3.05, 3.63) is 48.8 Å². The number of ether oxygens (including phenoxy) is 1. The fourth-order valence-electron chi connectivity index (χ4n) is 4.17. The number of nitrogens with zero attached hydrogens (tertiary/aromatic N) is 5. The molecule has 1 amide bonds. The lowest BCUT2D eigenvalue weighted by molar-refractivity contribution is -0.111. The molecule has 1 aromatic carbocycles. The fraction of sp³-hybridized carbons (Fsp3) is 0.393. The van der Waals surface area contributed by atoms with Gasteiger partial charge in [-0.2, -0.15) is 4.98 Å². The predicted molar refractivity (Wildman–Crippen MR) is 155 cm³/mol. The third kappa shape index (κ3) is 6.51. The smallest absolute Gasteiger partial charge is 0.247 e. The van der Waals surface area contributed by atoms with Gasteiger partial charge in [0.15, 0.2) is 0 Å². The summed E-state index contributed by atoms with van der Waals surface area (Å²) in [6, 6.07) is 5.61. The first-order valence-electron chi connectivity index (χ1n) is 12.7. The highest BCUT2D eigenvalue weighted by atomic mass is 16.5. The Hall–Kier alpha value is -3.89. The molecule has 2 heterocycles. The Balaban J connectivity index is 2.13. The van der Waals surface area contributed by atoms with Gasteiger partial charge in [0.1, 0.15) is 18.1 Å². The molecule has 10 nitrogen and oxygen atoms in total. The van der Waals surface area contributed by atoms with Crippen molar-refractivity contribution in [2.45, 2.75) is 33.4 Å². The average molecular weight is 522 g/mol. The number of carbonyl (C=O) groups is 1. The highest BCUT2D eigenvalue weighted by Crippen LogP contribution is 2.38. The van der Waals surface area contributed by atoms with E-state index in [4.69, 9.17) is 14.7 Å². The van der Waals surface area contributed by atoms with Gasteiger partial charge in [-0.3, -0.25) is 4.79 Å². The summed E-state index contributed by atoms with van der Waals surface area (Å²) in [5.74, 6) is 0.599. The third-order valence-corrected chi connectivity index (χ3v) is 6.24. The van der Waals surface area contributed by atoms with Crippen molar-refractivity contribution < 1.29 is 14.6 Å². The second-order valence-electron chi connectivity index (χ2n) is 9.24. The molecule has 0 saturated carbocycles. The van der Waals surface area contributed by atoms with Crippen LogP contribution in [0.1, 0.15) is 32.4 Å². The maximum absolute atomic E-state index is 12.3. The van der Waals surface area contributed by atoms with Crippen molar-refractivity contribution in [1.29, 1.82) is 0 Å². The molecule has 0 bridgehead atoms. The van der Waals surface area contributed by atoms with Crippen LogP contribution in [0.15, 0.2) is 43.1 Å². The molecule has 38 heavy (non-hydrogen) atoms. The monoisotopic (exact) mass is 521 g/mol. The van der Waals surface area contributed by atoms with E-state index in [-0.39, 0.29) is 12.6 Å². The molecule has 0 radical (unpaired) electrons. The second-order valence-corrected chi connectivity index (χ2v) is 9.24. The molecule has 3 aromatic rings. The molecule has 0 atom stereocenters. The van der Waals surface area contributed by atoms with E-state index in [1.54, 1.807) is 17.9 Å². The number of rotatable bonds is 13. The standard InChI is InChI=1S/C28H39N7O3/c1-8-11-19(9-2)26-20-12-13-35(18-36)27(20)32-28(31-26)30-22-16-21(29-25(37)10-3)23(17-24(22)38-7)34(6)15-14-33(4)5/h9-10,12-13,16-17,36H,3,8,11,14-15,18H2,1-2,4-7H3,(H,29,37)(H,30,31,32)/b19-9+. The lowest BCUT2D eigenvalue weighted by Crippen LogP contribution is -2.29. The minimum atomic E-state index is -0.318. The average Bonchev–Trinajstić information content (AvgIpc) is 3.33. The third-order valence-electron chi connectivity index (χ3n) is 6.24.